The van der Waals surface area contributed by atoms with Crippen LogP contribution in [0.15, 0.2) is 112 Å². The molecule has 0 bridgehead atoms. The van der Waals surface area contributed by atoms with Crippen molar-refractivity contribution in [3.8, 4) is 35.7 Å². The topological polar surface area (TPSA) is 326 Å². The van der Waals surface area contributed by atoms with Crippen LogP contribution >= 0.6 is 31.9 Å². The molecule has 0 saturated carbocycles. The van der Waals surface area contributed by atoms with E-state index in [0.29, 0.717) is 79.0 Å². The van der Waals surface area contributed by atoms with Crippen LogP contribution in [0.4, 0.5) is 24.0 Å². The van der Waals surface area contributed by atoms with E-state index in [2.05, 4.69) is 135 Å². The summed E-state index contributed by atoms with van der Waals surface area (Å²) in [5.41, 5.74) is 3.56. The fourth-order valence-corrected chi connectivity index (χ4v) is 15.2. The molecule has 4 N–H and O–H groups in total. The summed E-state index contributed by atoms with van der Waals surface area (Å²) in [6.07, 6.45) is 22.9. The van der Waals surface area contributed by atoms with Gasteiger partial charge in [0.05, 0.1) is 27.3 Å². The summed E-state index contributed by atoms with van der Waals surface area (Å²) in [6, 6.07) is 21.4. The van der Waals surface area contributed by atoms with Gasteiger partial charge in [0.25, 0.3) is 23.6 Å². The van der Waals surface area contributed by atoms with Crippen LogP contribution in [0.2, 0.25) is 0 Å². The van der Waals surface area contributed by atoms with Gasteiger partial charge >= 0.3 is 30.3 Å². The third kappa shape index (κ3) is 28.8. The second-order valence-corrected chi connectivity index (χ2v) is 36.9. The Morgan fingerprint density at radius 3 is 1.20 bits per heavy atom. The van der Waals surface area contributed by atoms with Crippen LogP contribution in [-0.4, -0.2) is 244 Å². The number of carbonyl (C=O) groups excluding carboxylic acids is 10. The van der Waals surface area contributed by atoms with Crippen molar-refractivity contribution in [1.29, 1.82) is 0 Å². The van der Waals surface area contributed by atoms with Crippen molar-refractivity contribution >= 4 is 91.6 Å². The van der Waals surface area contributed by atoms with Gasteiger partial charge in [-0.2, -0.15) is 0 Å². The number of terminal acetylenes is 1. The number of aromatic nitrogens is 3. The number of hydrogen-bond acceptors (Lipinski definition) is 20. The van der Waals surface area contributed by atoms with Crippen molar-refractivity contribution in [3.05, 3.63) is 157 Å². The summed E-state index contributed by atoms with van der Waals surface area (Å²) >= 11 is 6.81. The summed E-state index contributed by atoms with van der Waals surface area (Å²) in [4.78, 5) is 146. The lowest BCUT2D eigenvalue weighted by atomic mass is 9.92. The summed E-state index contributed by atoms with van der Waals surface area (Å²) in [5.74, 6) is 9.97. The molecule has 0 aliphatic carbocycles. The average Bonchev–Trinajstić information content (AvgIpc) is 1.62. The van der Waals surface area contributed by atoms with Gasteiger partial charge in [-0.25, -0.2) is 24.0 Å². The number of imide groups is 2. The van der Waals surface area contributed by atoms with E-state index in [9.17, 15) is 47.9 Å². The number of piperidine rings is 5. The van der Waals surface area contributed by atoms with Crippen molar-refractivity contribution in [1.82, 2.24) is 70.5 Å². The quantitative estimate of drug-likeness (QED) is 0.0390. The second kappa shape index (κ2) is 43.0. The number of halogens is 2. The zero-order chi connectivity index (χ0) is 88.9. The van der Waals surface area contributed by atoms with E-state index in [-0.39, 0.29) is 49.0 Å². The molecule has 12 heterocycles. The Balaban J connectivity index is 0.000000173. The zero-order valence-corrected chi connectivity index (χ0v) is 75.8. The molecule has 9 aliphatic heterocycles. The normalized spacial score (nSPS) is 20.1. The molecular formula is C91H118Br2N14O15. The highest BCUT2D eigenvalue weighted by molar-refractivity contribution is 9.10. The van der Waals surface area contributed by atoms with E-state index in [1.54, 1.807) is 46.3 Å². The Labute approximate surface area is 733 Å². The first kappa shape index (κ1) is 95.4. The molecule has 29 nitrogen and oxygen atoms in total. The summed E-state index contributed by atoms with van der Waals surface area (Å²) < 4.78 is 28.3. The molecule has 122 heavy (non-hydrogen) atoms. The summed E-state index contributed by atoms with van der Waals surface area (Å²) in [5, 5.41) is 9.41. The lowest BCUT2D eigenvalue weighted by Crippen LogP contribution is -2.54. The number of urea groups is 2. The van der Waals surface area contributed by atoms with Gasteiger partial charge in [0.2, 0.25) is 5.54 Å². The zero-order valence-electron chi connectivity index (χ0n) is 72.6. The van der Waals surface area contributed by atoms with Crippen molar-refractivity contribution in [2.45, 2.75) is 187 Å². The molecule has 7 fully saturated rings. The molecular weight excluding hydrogens is 1690 g/mol. The Kier molecular flexibility index (Phi) is 33.6. The van der Waals surface area contributed by atoms with E-state index in [0.717, 1.165) is 122 Å². The smallest absolute Gasteiger partial charge is 0.410 e. The number of hydrogen-bond donors (Lipinski definition) is 4. The molecule has 0 radical (unpaired) electrons. The number of likely N-dealkylation sites (tertiary alicyclic amines) is 5. The number of rotatable bonds is 12. The lowest BCUT2D eigenvalue weighted by molar-refractivity contribution is -0.123. The lowest BCUT2D eigenvalue weighted by Gasteiger charge is -2.33. The molecule has 3 aromatic heterocycles. The number of nitrogens with one attached hydrogen (secondary N) is 4. The highest BCUT2D eigenvalue weighted by Crippen LogP contribution is 2.33. The van der Waals surface area contributed by atoms with Crippen LogP contribution in [0.3, 0.4) is 0 Å². The van der Waals surface area contributed by atoms with Crippen LogP contribution in [0.5, 0.6) is 11.5 Å². The molecule has 11 amide bonds. The monoisotopic (exact) mass is 1800 g/mol. The molecule has 31 heteroatoms. The molecule has 2 aromatic carbocycles. The highest BCUT2D eigenvalue weighted by Gasteiger charge is 2.50. The Morgan fingerprint density at radius 1 is 0.500 bits per heavy atom. The summed E-state index contributed by atoms with van der Waals surface area (Å²) in [7, 11) is 7.41. The predicted molar refractivity (Wildman–Crippen MR) is 468 cm³/mol. The van der Waals surface area contributed by atoms with Crippen molar-refractivity contribution in [2.75, 3.05) is 107 Å². The minimum absolute atomic E-state index is 0.0744. The second-order valence-electron chi connectivity index (χ2n) is 35.1. The van der Waals surface area contributed by atoms with E-state index in [1.165, 1.54) is 74.1 Å². The Morgan fingerprint density at radius 2 is 0.861 bits per heavy atom. The van der Waals surface area contributed by atoms with Gasteiger partial charge in [0.15, 0.2) is 5.54 Å². The standard InChI is InChI=1S/C27H29N5O4.C16H23BrN2O2.C15H13N3O4.C12H17BrN2.C11H19NO2.C10H17NO3/c1-31-11-8-18(9-12-31)13-21-5-3-19(15-28-21)7-10-27(25(34)29-26(35)30-27)17-32-16-20-4-6-22(36-2)14-23(20)24(32)33;1-16(2,3)21-15(20)19-8-6-12(7-9-19)10-14-5-4-13(17)11-18-14;1-3-15(13(20)16-14(21)17-15)8-18-7-9-4-5-10(22-2)6-11(9)12(18)19;1-15-6-4-10(5-7-15)8-12-3-2-11(13)9-14-12;1-9-5-7-12(8-6-9)10(13)14-11(2,3)4;1-10(2,3)14-9(13)11-6-4-8(12)5-7-11/h3-6,14-15,18H,8-9,11-13,16-17H2,1-2H3,(H2,29,30,34,35);4-5,11-12H,6-10H2,1-3H3;1,4-6H,7-8H2,2H3,(H2,16,17,20,21);2-3,9-10H,4-8H2,1H3;1,5-8H2,2-4H3;4-7H2,1-3H3/t27-;;15-;;;/m1.1.../s1. The molecule has 14 rings (SSSR count). The van der Waals surface area contributed by atoms with Gasteiger partial charge in [-0.3, -0.25) is 49.6 Å². The van der Waals surface area contributed by atoms with Gasteiger partial charge in [-0.05, 0) is 295 Å². The van der Waals surface area contributed by atoms with E-state index >= 15 is 0 Å². The van der Waals surface area contributed by atoms with Gasteiger partial charge < -0.3 is 68.6 Å². The first-order valence-corrected chi connectivity index (χ1v) is 43.1. The maximum Gasteiger partial charge on any atom is 0.410 e. The maximum absolute atomic E-state index is 13.0. The first-order chi connectivity index (χ1) is 57.7. The molecule has 7 saturated heterocycles. The number of pyridine rings is 3. The highest BCUT2D eigenvalue weighted by atomic mass is 79.9. The number of Topliss-reactive ketones (excluding diaryl/α,β-unsaturated/α-hetero) is 1. The van der Waals surface area contributed by atoms with Crippen molar-refractivity contribution in [3.63, 3.8) is 0 Å². The van der Waals surface area contributed by atoms with Crippen LogP contribution in [-0.2, 0) is 60.9 Å². The Hall–Kier alpha value is -10.5. The number of amides is 11. The van der Waals surface area contributed by atoms with Crippen LogP contribution in [0.25, 0.3) is 0 Å². The van der Waals surface area contributed by atoms with Crippen LogP contribution < -0.4 is 30.7 Å². The molecule has 5 aromatic rings. The number of nitrogens with zero attached hydrogens (tertiary/aromatic N) is 10. The SMILES string of the molecule is C#C[C@]1(CN2Cc3ccc(OC)cc3C2=O)NC(=O)NC1=O.C=C1CCN(C(=O)OC(C)(C)C)CC1.CC(C)(C)OC(=O)N1CCC(=O)CC1.CC(C)(C)OC(=O)N1CCC(Cc2ccc(Br)cn2)CC1.CN1CCC(Cc2ccc(Br)cn2)CC1.COc1ccc2c(c1)C(=O)N(C[C@@]1(C#Cc3ccc(CC4CCN(C)CC4)nc3)NC(=O)NC1=O)C2. The number of fused-ring (bicyclic) bond motifs is 2. The third-order valence-electron chi connectivity index (χ3n) is 21.7. The average molecular weight is 1810 g/mol. The van der Waals surface area contributed by atoms with Gasteiger partial charge in [-0.15, -0.1) is 6.42 Å². The Bertz CT molecular complexity index is 4590. The van der Waals surface area contributed by atoms with Gasteiger partial charge in [-0.1, -0.05) is 42.0 Å². The third-order valence-corrected chi connectivity index (χ3v) is 22.7. The first-order valence-electron chi connectivity index (χ1n) is 41.5. The maximum atomic E-state index is 13.0. The minimum atomic E-state index is -1.55. The van der Waals surface area contributed by atoms with Gasteiger partial charge in [0.1, 0.15) is 34.1 Å². The fraction of sp³-hybridized carbons (Fsp3) is 0.527. The number of ketones is 1. The minimum Gasteiger partial charge on any atom is -0.497 e. The number of benzene rings is 2. The predicted octanol–water partition coefficient (Wildman–Crippen LogP) is 12.3. The molecule has 656 valence electrons. The van der Waals surface area contributed by atoms with Crippen molar-refractivity contribution in [2.24, 2.45) is 17.8 Å². The molecule has 2 atom stereocenters. The van der Waals surface area contributed by atoms with E-state index in [1.807, 2.05) is 104 Å². The largest absolute Gasteiger partial charge is 0.497 e. The molecule has 0 spiro atoms. The van der Waals surface area contributed by atoms with E-state index < -0.39 is 51.8 Å². The van der Waals surface area contributed by atoms with Crippen LogP contribution in [0.1, 0.15) is 181 Å². The molecule has 0 unspecified atom stereocenters. The number of carbonyl (C=O) groups is 10. The number of ether oxygens (including phenoxy) is 5. The van der Waals surface area contributed by atoms with Gasteiger partial charge in [0, 0.05) is 127 Å². The fourth-order valence-electron chi connectivity index (χ4n) is 14.8. The summed E-state index contributed by atoms with van der Waals surface area (Å²) in [6.45, 7) is 30.0. The van der Waals surface area contributed by atoms with E-state index in [4.69, 9.17) is 30.1 Å². The number of methoxy groups -OCH3 is 2. The van der Waals surface area contributed by atoms with Crippen molar-refractivity contribution < 1.29 is 71.6 Å². The molecule has 9 aliphatic rings. The van der Waals surface area contributed by atoms with Crippen LogP contribution in [0, 0.1) is 41.9 Å².